The molecule has 0 bridgehead atoms. The molecule has 1 aromatic rings. The van der Waals surface area contributed by atoms with Gasteiger partial charge in [-0.15, -0.1) is 0 Å². The SMILES string of the molecule is CCCCC(CC)CNC(=O)CCCN(c1cc(Cl)cc(Cl)c1)S(C)(=O)=O. The first-order valence-electron chi connectivity index (χ1n) is 9.37. The molecule has 0 heterocycles. The van der Waals surface area contributed by atoms with E-state index in [0.29, 0.717) is 34.6 Å². The number of rotatable bonds is 12. The standard InChI is InChI=1S/C19H30Cl2N2O3S/c1-4-6-8-15(5-2)14-22-19(24)9-7-10-23(27(3,25)26)18-12-16(20)11-17(21)13-18/h11-13,15H,4-10,14H2,1-3H3,(H,22,24). The monoisotopic (exact) mass is 436 g/mol. The van der Waals surface area contributed by atoms with Crippen LogP contribution >= 0.6 is 23.2 Å². The highest BCUT2D eigenvalue weighted by Gasteiger charge is 2.19. The Hall–Kier alpha value is -0.980. The molecule has 1 rings (SSSR count). The zero-order valence-electron chi connectivity index (χ0n) is 16.3. The number of sulfonamides is 1. The number of benzene rings is 1. The quantitative estimate of drug-likeness (QED) is 0.507. The maximum atomic E-state index is 12.1. The predicted molar refractivity (Wildman–Crippen MR) is 114 cm³/mol. The molecule has 0 saturated carbocycles. The van der Waals surface area contributed by atoms with E-state index in [2.05, 4.69) is 19.2 Å². The van der Waals surface area contributed by atoms with Gasteiger partial charge in [0.15, 0.2) is 0 Å². The average Bonchev–Trinajstić information content (AvgIpc) is 2.56. The second kappa shape index (κ2) is 11.8. The summed E-state index contributed by atoms with van der Waals surface area (Å²) in [6.45, 7) is 5.16. The Morgan fingerprint density at radius 1 is 1.15 bits per heavy atom. The molecule has 1 N–H and O–H groups in total. The molecule has 0 aliphatic heterocycles. The molecule has 1 aromatic carbocycles. The van der Waals surface area contributed by atoms with Gasteiger partial charge in [-0.05, 0) is 37.0 Å². The van der Waals surface area contributed by atoms with Crippen LogP contribution in [0.25, 0.3) is 0 Å². The number of carbonyl (C=O) groups excluding carboxylic acids is 1. The van der Waals surface area contributed by atoms with E-state index in [1.54, 1.807) is 18.2 Å². The number of amides is 1. The Bertz CT molecular complexity index is 691. The minimum absolute atomic E-state index is 0.0532. The van der Waals surface area contributed by atoms with Gasteiger partial charge in [0.1, 0.15) is 0 Å². The second-order valence-electron chi connectivity index (χ2n) is 6.79. The van der Waals surface area contributed by atoms with Gasteiger partial charge in [-0.2, -0.15) is 0 Å². The van der Waals surface area contributed by atoms with E-state index < -0.39 is 10.0 Å². The van der Waals surface area contributed by atoms with E-state index in [9.17, 15) is 13.2 Å². The highest BCUT2D eigenvalue weighted by atomic mass is 35.5. The van der Waals surface area contributed by atoms with Crippen molar-refractivity contribution in [3.63, 3.8) is 0 Å². The van der Waals surface area contributed by atoms with Crippen LogP contribution in [0.2, 0.25) is 10.0 Å². The van der Waals surface area contributed by atoms with E-state index in [-0.39, 0.29) is 18.9 Å². The first-order valence-corrected chi connectivity index (χ1v) is 12.0. The molecular weight excluding hydrogens is 407 g/mol. The summed E-state index contributed by atoms with van der Waals surface area (Å²) in [7, 11) is -3.51. The van der Waals surface area contributed by atoms with E-state index in [4.69, 9.17) is 23.2 Å². The summed E-state index contributed by atoms with van der Waals surface area (Å²) in [5.41, 5.74) is 0.404. The smallest absolute Gasteiger partial charge is 0.232 e. The summed E-state index contributed by atoms with van der Waals surface area (Å²) in [5.74, 6) is 0.442. The molecule has 0 aliphatic rings. The summed E-state index contributed by atoms with van der Waals surface area (Å²) in [5, 5.41) is 3.69. The van der Waals surface area contributed by atoms with Crippen LogP contribution in [0.4, 0.5) is 5.69 Å². The molecule has 1 atom stereocenters. The van der Waals surface area contributed by atoms with E-state index in [1.807, 2.05) is 0 Å². The van der Waals surface area contributed by atoms with E-state index >= 15 is 0 Å². The lowest BCUT2D eigenvalue weighted by atomic mass is 9.99. The summed E-state index contributed by atoms with van der Waals surface area (Å²) >= 11 is 12.0. The van der Waals surface area contributed by atoms with Crippen LogP contribution < -0.4 is 9.62 Å². The molecule has 8 heteroatoms. The van der Waals surface area contributed by atoms with E-state index in [0.717, 1.165) is 25.5 Å². The van der Waals surface area contributed by atoms with Gasteiger partial charge in [0.05, 0.1) is 11.9 Å². The molecule has 27 heavy (non-hydrogen) atoms. The zero-order valence-corrected chi connectivity index (χ0v) is 18.6. The molecule has 5 nitrogen and oxygen atoms in total. The molecule has 154 valence electrons. The van der Waals surface area contributed by atoms with Crippen molar-refractivity contribution in [3.05, 3.63) is 28.2 Å². The van der Waals surface area contributed by atoms with Crippen LogP contribution in [-0.4, -0.2) is 33.7 Å². The van der Waals surface area contributed by atoms with Crippen molar-refractivity contribution in [1.82, 2.24) is 5.32 Å². The summed E-state index contributed by atoms with van der Waals surface area (Å²) in [4.78, 5) is 12.1. The Kier molecular flexibility index (Phi) is 10.5. The van der Waals surface area contributed by atoms with Crippen molar-refractivity contribution in [1.29, 1.82) is 0 Å². The number of unbranched alkanes of at least 4 members (excludes halogenated alkanes) is 1. The minimum atomic E-state index is -3.51. The number of carbonyl (C=O) groups is 1. The molecule has 0 spiro atoms. The molecular formula is C19H30Cl2N2O3S. The van der Waals surface area contributed by atoms with Crippen LogP contribution in [0.15, 0.2) is 18.2 Å². The van der Waals surface area contributed by atoms with Gasteiger partial charge in [0.25, 0.3) is 0 Å². The summed E-state index contributed by atoms with van der Waals surface area (Å²) < 4.78 is 25.5. The van der Waals surface area contributed by atoms with Crippen LogP contribution in [0.1, 0.15) is 52.4 Å². The fourth-order valence-electron chi connectivity index (χ4n) is 2.84. The van der Waals surface area contributed by atoms with Gasteiger partial charge < -0.3 is 5.32 Å². The normalized spacial score (nSPS) is 12.6. The van der Waals surface area contributed by atoms with Crippen molar-refractivity contribution >= 4 is 44.8 Å². The third-order valence-corrected chi connectivity index (χ3v) is 6.06. The average molecular weight is 437 g/mol. The molecule has 0 aliphatic carbocycles. The molecule has 0 radical (unpaired) electrons. The summed E-state index contributed by atoms with van der Waals surface area (Å²) in [6, 6.07) is 4.64. The van der Waals surface area contributed by atoms with Crippen molar-refractivity contribution in [2.75, 3.05) is 23.7 Å². The Balaban J connectivity index is 2.58. The van der Waals surface area contributed by atoms with Gasteiger partial charge >= 0.3 is 0 Å². The van der Waals surface area contributed by atoms with Gasteiger partial charge in [0, 0.05) is 29.6 Å². The second-order valence-corrected chi connectivity index (χ2v) is 9.57. The Morgan fingerprint density at radius 3 is 2.30 bits per heavy atom. The lowest BCUT2D eigenvalue weighted by Gasteiger charge is -2.23. The molecule has 1 amide bonds. The predicted octanol–water partition coefficient (Wildman–Crippen LogP) is 4.87. The number of nitrogens with zero attached hydrogens (tertiary/aromatic N) is 1. The van der Waals surface area contributed by atoms with E-state index in [1.165, 1.54) is 10.7 Å². The number of hydrogen-bond donors (Lipinski definition) is 1. The first-order chi connectivity index (χ1) is 12.7. The fourth-order valence-corrected chi connectivity index (χ4v) is 4.31. The van der Waals surface area contributed by atoms with Crippen LogP contribution in [-0.2, 0) is 14.8 Å². The lowest BCUT2D eigenvalue weighted by Crippen LogP contribution is -2.33. The maximum absolute atomic E-state index is 12.1. The minimum Gasteiger partial charge on any atom is -0.356 e. The number of halogens is 2. The molecule has 0 fully saturated rings. The van der Waals surface area contributed by atoms with Gasteiger partial charge in [-0.25, -0.2) is 8.42 Å². The third kappa shape index (κ3) is 9.17. The third-order valence-electron chi connectivity index (χ3n) is 4.43. The highest BCUT2D eigenvalue weighted by Crippen LogP contribution is 2.27. The Labute approximate surface area is 173 Å². The van der Waals surface area contributed by atoms with Crippen LogP contribution in [0.5, 0.6) is 0 Å². The molecule has 0 saturated heterocycles. The number of hydrogen-bond acceptors (Lipinski definition) is 3. The van der Waals surface area contributed by atoms with Crippen LogP contribution in [0, 0.1) is 5.92 Å². The largest absolute Gasteiger partial charge is 0.356 e. The lowest BCUT2D eigenvalue weighted by molar-refractivity contribution is -0.121. The van der Waals surface area contributed by atoms with Crippen molar-refractivity contribution < 1.29 is 13.2 Å². The first kappa shape index (κ1) is 24.1. The maximum Gasteiger partial charge on any atom is 0.232 e. The van der Waals surface area contributed by atoms with Crippen LogP contribution in [0.3, 0.4) is 0 Å². The Morgan fingerprint density at radius 2 is 1.78 bits per heavy atom. The topological polar surface area (TPSA) is 66.5 Å². The summed E-state index contributed by atoms with van der Waals surface area (Å²) in [6.07, 6.45) is 6.28. The number of nitrogens with one attached hydrogen (secondary N) is 1. The van der Waals surface area contributed by atoms with Gasteiger partial charge in [-0.1, -0.05) is 56.3 Å². The fraction of sp³-hybridized carbons (Fsp3) is 0.632. The van der Waals surface area contributed by atoms with Gasteiger partial charge in [-0.3, -0.25) is 9.10 Å². The highest BCUT2D eigenvalue weighted by molar-refractivity contribution is 7.92. The zero-order chi connectivity index (χ0) is 20.4. The van der Waals surface area contributed by atoms with Crippen molar-refractivity contribution in [3.8, 4) is 0 Å². The van der Waals surface area contributed by atoms with Crippen molar-refractivity contribution in [2.24, 2.45) is 5.92 Å². The molecule has 1 unspecified atom stereocenters. The number of anilines is 1. The van der Waals surface area contributed by atoms with Crippen molar-refractivity contribution in [2.45, 2.75) is 52.4 Å². The molecule has 0 aromatic heterocycles. The van der Waals surface area contributed by atoms with Gasteiger partial charge in [0.2, 0.25) is 15.9 Å².